The first-order valence-electron chi connectivity index (χ1n) is 8.73. The number of rotatable bonds is 5. The minimum atomic E-state index is -2.61. The maximum Gasteiger partial charge on any atom is 0.248 e. The molecule has 4 heteroatoms. The molecule has 0 saturated carbocycles. The van der Waals surface area contributed by atoms with Gasteiger partial charge in [-0.3, -0.25) is 0 Å². The van der Waals surface area contributed by atoms with E-state index >= 15 is 0 Å². The molecule has 0 saturated heterocycles. The van der Waals surface area contributed by atoms with Crippen LogP contribution in [0.3, 0.4) is 0 Å². The van der Waals surface area contributed by atoms with Crippen molar-refractivity contribution in [3.05, 3.63) is 78.9 Å². The molecule has 0 unspecified atom stereocenters. The van der Waals surface area contributed by atoms with Crippen LogP contribution in [0.5, 0.6) is 0 Å². The van der Waals surface area contributed by atoms with Gasteiger partial charge < -0.3 is 9.80 Å². The monoisotopic (exact) mass is 380 g/mol. The van der Waals surface area contributed by atoms with E-state index in [-0.39, 0.29) is 0 Å². The minimum absolute atomic E-state index is 1.16. The van der Waals surface area contributed by atoms with Crippen LogP contribution in [0.25, 0.3) is 0 Å². The van der Waals surface area contributed by atoms with Gasteiger partial charge in [-0.25, -0.2) is 0 Å². The molecular formula is C22H25ClN2Si. The fourth-order valence-corrected chi connectivity index (χ4v) is 7.23. The Morgan fingerprint density at radius 1 is 0.577 bits per heavy atom. The number of halogens is 1. The second-order valence-electron chi connectivity index (χ2n) is 6.92. The molecule has 3 rings (SSSR count). The van der Waals surface area contributed by atoms with Gasteiger partial charge in [0.05, 0.1) is 0 Å². The maximum absolute atomic E-state index is 7.57. The second-order valence-corrected chi connectivity index (χ2v) is 11.7. The molecular weight excluding hydrogens is 356 g/mol. The third-order valence-corrected chi connectivity index (χ3v) is 9.98. The molecule has 0 radical (unpaired) electrons. The van der Waals surface area contributed by atoms with E-state index in [9.17, 15) is 0 Å². The number of anilines is 2. The lowest BCUT2D eigenvalue weighted by Crippen LogP contribution is -2.63. The van der Waals surface area contributed by atoms with Crippen molar-refractivity contribution in [3.63, 3.8) is 0 Å². The molecule has 26 heavy (non-hydrogen) atoms. The standard InChI is InChI=1S/C22H25ClN2Si/c1-24(2)18-15-19(25(3)4)17-22(16-18)26(23,20-11-7-5-8-12-20)21-13-9-6-10-14-21/h5-17H,1-4H3. The summed E-state index contributed by atoms with van der Waals surface area (Å²) in [6.07, 6.45) is 0. The minimum Gasteiger partial charge on any atom is -0.378 e. The molecule has 0 amide bonds. The zero-order chi connectivity index (χ0) is 18.7. The molecule has 3 aromatic rings. The molecule has 0 aliphatic carbocycles. The topological polar surface area (TPSA) is 6.48 Å². The molecule has 0 spiro atoms. The third-order valence-electron chi connectivity index (χ3n) is 4.68. The van der Waals surface area contributed by atoms with Gasteiger partial charge >= 0.3 is 0 Å². The van der Waals surface area contributed by atoms with Crippen LogP contribution in [0, 0.1) is 0 Å². The summed E-state index contributed by atoms with van der Waals surface area (Å²) >= 11 is 7.57. The van der Waals surface area contributed by atoms with Crippen molar-refractivity contribution < 1.29 is 0 Å². The molecule has 0 aliphatic heterocycles. The highest BCUT2D eigenvalue weighted by molar-refractivity contribution is 7.40. The van der Waals surface area contributed by atoms with Crippen LogP contribution in [-0.4, -0.2) is 35.6 Å². The highest BCUT2D eigenvalue weighted by Gasteiger charge is 2.38. The Kier molecular flexibility index (Phi) is 5.40. The van der Waals surface area contributed by atoms with Gasteiger partial charge in [-0.2, -0.15) is 0 Å². The van der Waals surface area contributed by atoms with E-state index in [0.717, 1.165) is 11.4 Å². The number of hydrogen-bond donors (Lipinski definition) is 0. The summed E-state index contributed by atoms with van der Waals surface area (Å²) in [5.41, 5.74) is 2.33. The van der Waals surface area contributed by atoms with Gasteiger partial charge in [-0.05, 0) is 33.8 Å². The molecule has 3 aromatic carbocycles. The lowest BCUT2D eigenvalue weighted by molar-refractivity contribution is 1.10. The fraction of sp³-hybridized carbons (Fsp3) is 0.182. The highest BCUT2D eigenvalue weighted by Crippen LogP contribution is 2.22. The summed E-state index contributed by atoms with van der Waals surface area (Å²) in [7, 11) is 5.67. The first-order valence-corrected chi connectivity index (χ1v) is 11.7. The summed E-state index contributed by atoms with van der Waals surface area (Å²) < 4.78 is 0. The van der Waals surface area contributed by atoms with Crippen molar-refractivity contribution in [2.24, 2.45) is 0 Å². The van der Waals surface area contributed by atoms with Crippen molar-refractivity contribution >= 4 is 45.4 Å². The lowest BCUT2D eigenvalue weighted by Gasteiger charge is -2.29. The van der Waals surface area contributed by atoms with Crippen molar-refractivity contribution in [3.8, 4) is 0 Å². The van der Waals surface area contributed by atoms with Gasteiger partial charge in [0.1, 0.15) is 0 Å². The van der Waals surface area contributed by atoms with E-state index in [2.05, 4.69) is 105 Å². The van der Waals surface area contributed by atoms with Gasteiger partial charge in [0.25, 0.3) is 0 Å². The van der Waals surface area contributed by atoms with Crippen molar-refractivity contribution in [2.75, 3.05) is 38.0 Å². The smallest absolute Gasteiger partial charge is 0.248 e. The maximum atomic E-state index is 7.57. The van der Waals surface area contributed by atoms with Gasteiger partial charge in [-0.15, -0.1) is 11.1 Å². The molecule has 0 N–H and O–H groups in total. The molecule has 0 aromatic heterocycles. The van der Waals surface area contributed by atoms with Crippen LogP contribution in [0.2, 0.25) is 0 Å². The summed E-state index contributed by atoms with van der Waals surface area (Å²) in [6.45, 7) is 0. The summed E-state index contributed by atoms with van der Waals surface area (Å²) in [6, 6.07) is 27.7. The Labute approximate surface area is 162 Å². The Balaban J connectivity index is 2.30. The van der Waals surface area contributed by atoms with Gasteiger partial charge in [-0.1, -0.05) is 60.7 Å². The van der Waals surface area contributed by atoms with Crippen LogP contribution in [0.4, 0.5) is 11.4 Å². The molecule has 2 nitrogen and oxygen atoms in total. The Morgan fingerprint density at radius 3 is 1.31 bits per heavy atom. The molecule has 0 heterocycles. The second kappa shape index (κ2) is 7.56. The fourth-order valence-electron chi connectivity index (χ4n) is 3.15. The van der Waals surface area contributed by atoms with E-state index in [0.29, 0.717) is 0 Å². The van der Waals surface area contributed by atoms with Crippen LogP contribution < -0.4 is 25.4 Å². The van der Waals surface area contributed by atoms with E-state index in [4.69, 9.17) is 11.1 Å². The Morgan fingerprint density at radius 2 is 0.962 bits per heavy atom. The van der Waals surface area contributed by atoms with Crippen molar-refractivity contribution in [1.29, 1.82) is 0 Å². The normalized spacial score (nSPS) is 11.3. The number of hydrogen-bond acceptors (Lipinski definition) is 2. The average Bonchev–Trinajstić information content (AvgIpc) is 2.68. The van der Waals surface area contributed by atoms with Crippen molar-refractivity contribution in [1.82, 2.24) is 0 Å². The van der Waals surface area contributed by atoms with Crippen LogP contribution in [0.1, 0.15) is 0 Å². The molecule has 0 fully saturated rings. The molecule has 0 atom stereocenters. The third kappa shape index (κ3) is 3.50. The van der Waals surface area contributed by atoms with Crippen LogP contribution >= 0.6 is 11.1 Å². The van der Waals surface area contributed by atoms with E-state index in [1.807, 2.05) is 12.1 Å². The zero-order valence-corrected chi connectivity index (χ0v) is 17.5. The van der Waals surface area contributed by atoms with Gasteiger partial charge in [0.15, 0.2) is 0 Å². The average molecular weight is 381 g/mol. The van der Waals surface area contributed by atoms with Gasteiger partial charge in [0.2, 0.25) is 7.38 Å². The molecule has 0 bridgehead atoms. The molecule has 0 aliphatic rings. The number of nitrogens with zero attached hydrogens (tertiary/aromatic N) is 2. The predicted octanol–water partition coefficient (Wildman–Crippen LogP) is 3.02. The first-order chi connectivity index (χ1) is 12.4. The van der Waals surface area contributed by atoms with Crippen LogP contribution in [-0.2, 0) is 0 Å². The predicted molar refractivity (Wildman–Crippen MR) is 118 cm³/mol. The van der Waals surface area contributed by atoms with Gasteiger partial charge in [0, 0.05) is 39.6 Å². The SMILES string of the molecule is CN(C)c1cc(N(C)C)cc([Si](Cl)(c2ccccc2)c2ccccc2)c1. The van der Waals surface area contributed by atoms with Crippen molar-refractivity contribution in [2.45, 2.75) is 0 Å². The first kappa shape index (κ1) is 18.6. The summed E-state index contributed by atoms with van der Waals surface area (Å²) in [5, 5.41) is 3.61. The van der Waals surface area contributed by atoms with Crippen LogP contribution in [0.15, 0.2) is 78.9 Å². The highest BCUT2D eigenvalue weighted by atomic mass is 35.6. The Bertz CT molecular complexity index is 798. The van der Waals surface area contributed by atoms with E-state index in [1.165, 1.54) is 15.6 Å². The van der Waals surface area contributed by atoms with E-state index in [1.54, 1.807) is 0 Å². The zero-order valence-electron chi connectivity index (χ0n) is 15.8. The Hall–Kier alpha value is -2.23. The molecule has 134 valence electrons. The lowest BCUT2D eigenvalue weighted by atomic mass is 10.2. The number of benzene rings is 3. The van der Waals surface area contributed by atoms with E-state index < -0.39 is 7.38 Å². The largest absolute Gasteiger partial charge is 0.378 e. The quantitative estimate of drug-likeness (QED) is 0.381. The summed E-state index contributed by atoms with van der Waals surface area (Å²) in [5.74, 6) is 0. The summed E-state index contributed by atoms with van der Waals surface area (Å²) in [4.78, 5) is 4.27.